The molecule has 1 fully saturated rings. The van der Waals surface area contributed by atoms with Gasteiger partial charge in [-0.05, 0) is 51.2 Å². The van der Waals surface area contributed by atoms with Gasteiger partial charge in [-0.1, -0.05) is 17.7 Å². The van der Waals surface area contributed by atoms with Gasteiger partial charge in [-0.15, -0.1) is 0 Å². The van der Waals surface area contributed by atoms with Crippen LogP contribution in [0, 0.1) is 13.8 Å². The van der Waals surface area contributed by atoms with Crippen molar-refractivity contribution in [3.63, 3.8) is 0 Å². The van der Waals surface area contributed by atoms with Crippen LogP contribution in [0.3, 0.4) is 0 Å². The number of hydrogen-bond acceptors (Lipinski definition) is 2. The number of nitrogens with one attached hydrogen (secondary N) is 1. The summed E-state index contributed by atoms with van der Waals surface area (Å²) < 4.78 is 5.62. The van der Waals surface area contributed by atoms with Crippen LogP contribution >= 0.6 is 0 Å². The molecule has 2 rings (SSSR count). The van der Waals surface area contributed by atoms with Gasteiger partial charge in [0.25, 0.3) is 0 Å². The summed E-state index contributed by atoms with van der Waals surface area (Å²) in [6.07, 6.45) is 5.41. The van der Waals surface area contributed by atoms with E-state index in [1.807, 2.05) is 0 Å². The van der Waals surface area contributed by atoms with Crippen LogP contribution in [0.2, 0.25) is 0 Å². The normalized spacial score (nSPS) is 19.5. The largest absolute Gasteiger partial charge is 0.385 e. The van der Waals surface area contributed by atoms with Crippen molar-refractivity contribution in [2.75, 3.05) is 18.5 Å². The first kappa shape index (κ1) is 12.4. The summed E-state index contributed by atoms with van der Waals surface area (Å²) in [7, 11) is 0. The van der Waals surface area contributed by atoms with E-state index in [-0.39, 0.29) is 0 Å². The van der Waals surface area contributed by atoms with Gasteiger partial charge in [-0.2, -0.15) is 0 Å². The highest BCUT2D eigenvalue weighted by atomic mass is 16.5. The molecule has 1 aliphatic rings. The Bertz CT molecular complexity index is 356. The van der Waals surface area contributed by atoms with Gasteiger partial charge in [0, 0.05) is 18.8 Å². The molecule has 1 heterocycles. The number of benzene rings is 1. The van der Waals surface area contributed by atoms with Gasteiger partial charge in [-0.3, -0.25) is 0 Å². The Labute approximate surface area is 104 Å². The zero-order chi connectivity index (χ0) is 12.1. The maximum Gasteiger partial charge on any atom is 0.0576 e. The molecule has 1 aromatic carbocycles. The highest BCUT2D eigenvalue weighted by Gasteiger charge is 2.14. The first-order valence-electron chi connectivity index (χ1n) is 6.68. The molecule has 0 amide bonds. The van der Waals surface area contributed by atoms with Gasteiger partial charge in [0.05, 0.1) is 6.10 Å². The van der Waals surface area contributed by atoms with Gasteiger partial charge in [0.1, 0.15) is 0 Å². The number of anilines is 1. The molecule has 17 heavy (non-hydrogen) atoms. The Hall–Kier alpha value is -1.02. The predicted molar refractivity (Wildman–Crippen MR) is 72.6 cm³/mol. The lowest BCUT2D eigenvalue weighted by Gasteiger charge is -2.12. The first-order valence-corrected chi connectivity index (χ1v) is 6.68. The van der Waals surface area contributed by atoms with Crippen LogP contribution in [-0.2, 0) is 4.74 Å². The maximum absolute atomic E-state index is 5.62. The van der Waals surface area contributed by atoms with Crippen LogP contribution in [0.15, 0.2) is 18.2 Å². The molecule has 1 atom stereocenters. The molecule has 0 bridgehead atoms. The highest BCUT2D eigenvalue weighted by Crippen LogP contribution is 2.18. The Morgan fingerprint density at radius 3 is 2.94 bits per heavy atom. The highest BCUT2D eigenvalue weighted by molar-refractivity contribution is 5.51. The van der Waals surface area contributed by atoms with Gasteiger partial charge in [0.15, 0.2) is 0 Å². The second kappa shape index (κ2) is 6.06. The summed E-state index contributed by atoms with van der Waals surface area (Å²) in [5, 5.41) is 3.51. The quantitative estimate of drug-likeness (QED) is 0.783. The second-order valence-electron chi connectivity index (χ2n) is 5.02. The standard InChI is InChI=1S/C15H23NO/c1-12-7-8-15(13(2)11-12)16-9-3-5-14-6-4-10-17-14/h7-8,11,14,16H,3-6,9-10H2,1-2H3. The van der Waals surface area contributed by atoms with E-state index in [0.717, 1.165) is 13.2 Å². The molecule has 1 aliphatic heterocycles. The maximum atomic E-state index is 5.62. The molecule has 0 aliphatic carbocycles. The molecule has 1 aromatic rings. The van der Waals surface area contributed by atoms with Gasteiger partial charge < -0.3 is 10.1 Å². The molecule has 1 saturated heterocycles. The van der Waals surface area contributed by atoms with Crippen LogP contribution in [0.5, 0.6) is 0 Å². The fourth-order valence-corrected chi connectivity index (χ4v) is 2.44. The van der Waals surface area contributed by atoms with Crippen molar-refractivity contribution < 1.29 is 4.74 Å². The lowest BCUT2D eigenvalue weighted by Crippen LogP contribution is -2.09. The molecular formula is C15H23NO. The van der Waals surface area contributed by atoms with E-state index in [1.54, 1.807) is 0 Å². The number of rotatable bonds is 5. The van der Waals surface area contributed by atoms with Crippen LogP contribution < -0.4 is 5.32 Å². The number of hydrogen-bond donors (Lipinski definition) is 1. The Morgan fingerprint density at radius 2 is 2.24 bits per heavy atom. The molecular weight excluding hydrogens is 210 g/mol. The van der Waals surface area contributed by atoms with Gasteiger partial charge >= 0.3 is 0 Å². The average molecular weight is 233 g/mol. The van der Waals surface area contributed by atoms with Crippen molar-refractivity contribution in [3.8, 4) is 0 Å². The van der Waals surface area contributed by atoms with E-state index in [0.29, 0.717) is 6.10 Å². The SMILES string of the molecule is Cc1ccc(NCCCC2CCCO2)c(C)c1. The van der Waals surface area contributed by atoms with Crippen molar-refractivity contribution in [3.05, 3.63) is 29.3 Å². The van der Waals surface area contributed by atoms with Crippen molar-refractivity contribution in [1.82, 2.24) is 0 Å². The van der Waals surface area contributed by atoms with Crippen molar-refractivity contribution in [2.24, 2.45) is 0 Å². The summed E-state index contributed by atoms with van der Waals surface area (Å²) in [4.78, 5) is 0. The minimum atomic E-state index is 0.524. The van der Waals surface area contributed by atoms with Crippen molar-refractivity contribution in [1.29, 1.82) is 0 Å². The molecule has 2 nitrogen and oxygen atoms in total. The van der Waals surface area contributed by atoms with Crippen LogP contribution in [0.1, 0.15) is 36.8 Å². The summed E-state index contributed by atoms with van der Waals surface area (Å²) in [6.45, 7) is 6.31. The van der Waals surface area contributed by atoms with Crippen molar-refractivity contribution in [2.45, 2.75) is 45.6 Å². The van der Waals surface area contributed by atoms with E-state index >= 15 is 0 Å². The third-order valence-corrected chi connectivity index (χ3v) is 3.42. The summed E-state index contributed by atoms with van der Waals surface area (Å²) >= 11 is 0. The van der Waals surface area contributed by atoms with Crippen LogP contribution in [0.4, 0.5) is 5.69 Å². The molecule has 1 N–H and O–H groups in total. The first-order chi connectivity index (χ1) is 8.25. The molecule has 94 valence electrons. The number of aryl methyl sites for hydroxylation is 2. The van der Waals surface area contributed by atoms with Gasteiger partial charge in [0.2, 0.25) is 0 Å². The molecule has 0 saturated carbocycles. The summed E-state index contributed by atoms with van der Waals surface area (Å²) in [6, 6.07) is 6.56. The second-order valence-corrected chi connectivity index (χ2v) is 5.02. The third-order valence-electron chi connectivity index (χ3n) is 3.42. The van der Waals surface area contributed by atoms with E-state index in [4.69, 9.17) is 4.74 Å². The van der Waals surface area contributed by atoms with E-state index in [1.165, 1.54) is 42.5 Å². The topological polar surface area (TPSA) is 21.3 Å². The monoisotopic (exact) mass is 233 g/mol. The zero-order valence-electron chi connectivity index (χ0n) is 11.0. The Kier molecular flexibility index (Phi) is 4.43. The molecule has 2 heteroatoms. The molecule has 0 radical (unpaired) electrons. The van der Waals surface area contributed by atoms with Crippen molar-refractivity contribution >= 4 is 5.69 Å². The average Bonchev–Trinajstić information content (AvgIpc) is 2.79. The van der Waals surface area contributed by atoms with Crippen LogP contribution in [0.25, 0.3) is 0 Å². The van der Waals surface area contributed by atoms with E-state index in [9.17, 15) is 0 Å². The molecule has 0 aromatic heterocycles. The fourth-order valence-electron chi connectivity index (χ4n) is 2.44. The Balaban J connectivity index is 1.70. The molecule has 0 spiro atoms. The lowest BCUT2D eigenvalue weighted by atomic mass is 10.1. The molecule has 1 unspecified atom stereocenters. The van der Waals surface area contributed by atoms with Gasteiger partial charge in [-0.25, -0.2) is 0 Å². The summed E-state index contributed by atoms with van der Waals surface area (Å²) in [5.74, 6) is 0. The van der Waals surface area contributed by atoms with E-state index < -0.39 is 0 Å². The predicted octanol–water partition coefficient (Wildman–Crippen LogP) is 3.67. The number of ether oxygens (including phenoxy) is 1. The Morgan fingerprint density at radius 1 is 1.35 bits per heavy atom. The summed E-state index contributed by atoms with van der Waals surface area (Å²) in [5.41, 5.74) is 3.93. The lowest BCUT2D eigenvalue weighted by molar-refractivity contribution is 0.103. The minimum absolute atomic E-state index is 0.524. The van der Waals surface area contributed by atoms with Crippen LogP contribution in [-0.4, -0.2) is 19.3 Å². The van der Waals surface area contributed by atoms with E-state index in [2.05, 4.69) is 37.4 Å². The minimum Gasteiger partial charge on any atom is -0.385 e. The zero-order valence-corrected chi connectivity index (χ0v) is 11.0. The smallest absolute Gasteiger partial charge is 0.0576 e. The third kappa shape index (κ3) is 3.74. The fraction of sp³-hybridized carbons (Fsp3) is 0.600.